The van der Waals surface area contributed by atoms with Crippen LogP contribution in [0, 0.1) is 5.82 Å². The first-order chi connectivity index (χ1) is 8.48. The van der Waals surface area contributed by atoms with E-state index in [1.54, 1.807) is 12.1 Å². The molecule has 1 aromatic carbocycles. The van der Waals surface area contributed by atoms with Gasteiger partial charge in [0.1, 0.15) is 11.6 Å². The number of benzene rings is 1. The average molecular weight is 250 g/mol. The molecule has 0 spiro atoms. The van der Waals surface area contributed by atoms with Crippen LogP contribution < -0.4 is 0 Å². The Morgan fingerprint density at radius 1 is 1.11 bits per heavy atom. The summed E-state index contributed by atoms with van der Waals surface area (Å²) in [7, 11) is 0. The quantitative estimate of drug-likeness (QED) is 0.644. The molecule has 2 heteroatoms. The number of ketones is 1. The zero-order valence-corrected chi connectivity index (χ0v) is 11.6. The fourth-order valence-corrected chi connectivity index (χ4v) is 2.05. The Bertz CT molecular complexity index is 379. The molecular weight excluding hydrogens is 227 g/mol. The summed E-state index contributed by atoms with van der Waals surface area (Å²) in [6, 6.07) is 6.25. The molecule has 0 saturated heterocycles. The highest BCUT2D eigenvalue weighted by molar-refractivity contribution is 5.89. The second-order valence-corrected chi connectivity index (χ2v) is 5.37. The summed E-state index contributed by atoms with van der Waals surface area (Å²) < 4.78 is 12.9. The van der Waals surface area contributed by atoms with E-state index in [1.807, 2.05) is 13.8 Å². The molecule has 1 rings (SSSR count). The van der Waals surface area contributed by atoms with Crippen molar-refractivity contribution in [1.29, 1.82) is 0 Å². The van der Waals surface area contributed by atoms with Gasteiger partial charge in [0.2, 0.25) is 0 Å². The molecule has 0 aromatic heterocycles. The van der Waals surface area contributed by atoms with Crippen LogP contribution in [0.25, 0.3) is 0 Å². The second-order valence-electron chi connectivity index (χ2n) is 5.37. The molecule has 0 heterocycles. The van der Waals surface area contributed by atoms with E-state index in [4.69, 9.17) is 0 Å². The van der Waals surface area contributed by atoms with Gasteiger partial charge >= 0.3 is 0 Å². The van der Waals surface area contributed by atoms with Crippen LogP contribution >= 0.6 is 0 Å². The molecule has 0 aliphatic heterocycles. The topological polar surface area (TPSA) is 17.1 Å². The van der Waals surface area contributed by atoms with E-state index in [0.717, 1.165) is 18.4 Å². The van der Waals surface area contributed by atoms with Crippen LogP contribution in [0.2, 0.25) is 0 Å². The maximum Gasteiger partial charge on any atom is 0.142 e. The molecule has 0 radical (unpaired) electrons. The lowest BCUT2D eigenvalue weighted by Gasteiger charge is -2.23. The van der Waals surface area contributed by atoms with Crippen molar-refractivity contribution in [2.24, 2.45) is 0 Å². The van der Waals surface area contributed by atoms with Gasteiger partial charge in [0.25, 0.3) is 0 Å². The van der Waals surface area contributed by atoms with Crippen molar-refractivity contribution >= 4 is 5.78 Å². The highest BCUT2D eigenvalue weighted by Gasteiger charge is 2.28. The van der Waals surface area contributed by atoms with Gasteiger partial charge < -0.3 is 0 Å². The third kappa shape index (κ3) is 3.94. The third-order valence-electron chi connectivity index (χ3n) is 3.52. The average Bonchev–Trinajstić information content (AvgIpc) is 2.35. The number of carbonyl (C=O) groups excluding carboxylic acids is 1. The minimum atomic E-state index is -0.514. The number of hydrogen-bond acceptors (Lipinski definition) is 1. The number of halogens is 1. The summed E-state index contributed by atoms with van der Waals surface area (Å²) in [5, 5.41) is 0. The molecule has 0 N–H and O–H groups in total. The lowest BCUT2D eigenvalue weighted by Crippen LogP contribution is -2.28. The van der Waals surface area contributed by atoms with Gasteiger partial charge in [0.05, 0.1) is 0 Å². The van der Waals surface area contributed by atoms with E-state index in [0.29, 0.717) is 6.42 Å². The summed E-state index contributed by atoms with van der Waals surface area (Å²) in [6.45, 7) is 6.00. The van der Waals surface area contributed by atoms with Gasteiger partial charge in [-0.25, -0.2) is 4.39 Å². The molecule has 1 aromatic rings. The second kappa shape index (κ2) is 6.67. The summed E-state index contributed by atoms with van der Waals surface area (Å²) in [5.41, 5.74) is 0.379. The molecule has 0 amide bonds. The van der Waals surface area contributed by atoms with Gasteiger partial charge in [0, 0.05) is 11.8 Å². The Morgan fingerprint density at radius 2 is 1.72 bits per heavy atom. The molecule has 1 nitrogen and oxygen atoms in total. The minimum Gasteiger partial charge on any atom is -0.299 e. The predicted molar refractivity (Wildman–Crippen MR) is 73.2 cm³/mol. The largest absolute Gasteiger partial charge is 0.299 e. The summed E-state index contributed by atoms with van der Waals surface area (Å²) in [6.07, 6.45) is 5.04. The van der Waals surface area contributed by atoms with Gasteiger partial charge in [-0.2, -0.15) is 0 Å². The highest BCUT2D eigenvalue weighted by Crippen LogP contribution is 2.26. The highest BCUT2D eigenvalue weighted by atomic mass is 19.1. The zero-order valence-electron chi connectivity index (χ0n) is 11.6. The van der Waals surface area contributed by atoms with E-state index < -0.39 is 5.41 Å². The van der Waals surface area contributed by atoms with Gasteiger partial charge in [0.15, 0.2) is 0 Å². The van der Waals surface area contributed by atoms with Crippen LogP contribution in [0.4, 0.5) is 4.39 Å². The standard InChI is InChI=1S/C16H23FO/c1-4-5-6-7-8-15(18)16(2,3)13-9-11-14(17)12-10-13/h9-12H,4-8H2,1-3H3. The summed E-state index contributed by atoms with van der Waals surface area (Å²) in [5.74, 6) is -0.0184. The van der Waals surface area contributed by atoms with Crippen molar-refractivity contribution in [3.05, 3.63) is 35.6 Å². The van der Waals surface area contributed by atoms with Gasteiger partial charge in [-0.15, -0.1) is 0 Å². The van der Waals surface area contributed by atoms with Crippen LogP contribution in [-0.2, 0) is 10.2 Å². The van der Waals surface area contributed by atoms with Gasteiger partial charge in [-0.3, -0.25) is 4.79 Å². The Balaban J connectivity index is 2.61. The van der Waals surface area contributed by atoms with Crippen molar-refractivity contribution in [2.75, 3.05) is 0 Å². The van der Waals surface area contributed by atoms with Crippen LogP contribution in [0.1, 0.15) is 58.4 Å². The van der Waals surface area contributed by atoms with Crippen molar-refractivity contribution in [1.82, 2.24) is 0 Å². The van der Waals surface area contributed by atoms with E-state index in [1.165, 1.54) is 25.0 Å². The molecule has 0 fully saturated rings. The Hall–Kier alpha value is -1.18. The van der Waals surface area contributed by atoms with Crippen LogP contribution in [0.15, 0.2) is 24.3 Å². The van der Waals surface area contributed by atoms with Crippen LogP contribution in [0.3, 0.4) is 0 Å². The summed E-state index contributed by atoms with van der Waals surface area (Å²) in [4.78, 5) is 12.2. The fraction of sp³-hybridized carbons (Fsp3) is 0.562. The van der Waals surface area contributed by atoms with E-state index in [-0.39, 0.29) is 11.6 Å². The molecule has 0 saturated carbocycles. The number of hydrogen-bond donors (Lipinski definition) is 0. The van der Waals surface area contributed by atoms with Crippen molar-refractivity contribution in [3.8, 4) is 0 Å². The van der Waals surface area contributed by atoms with E-state index in [2.05, 4.69) is 6.92 Å². The Kier molecular flexibility index (Phi) is 5.52. The first-order valence-corrected chi connectivity index (χ1v) is 6.78. The van der Waals surface area contributed by atoms with Crippen LogP contribution in [-0.4, -0.2) is 5.78 Å². The number of carbonyl (C=O) groups is 1. The summed E-state index contributed by atoms with van der Waals surface area (Å²) >= 11 is 0. The molecule has 18 heavy (non-hydrogen) atoms. The van der Waals surface area contributed by atoms with Gasteiger partial charge in [-0.1, -0.05) is 38.3 Å². The first kappa shape index (κ1) is 14.9. The van der Waals surface area contributed by atoms with Crippen molar-refractivity contribution < 1.29 is 9.18 Å². The zero-order chi connectivity index (χ0) is 13.6. The van der Waals surface area contributed by atoms with Crippen molar-refractivity contribution in [3.63, 3.8) is 0 Å². The molecule has 0 aliphatic carbocycles. The lowest BCUT2D eigenvalue weighted by atomic mass is 9.79. The predicted octanol–water partition coefficient (Wildman–Crippen LogP) is 4.64. The van der Waals surface area contributed by atoms with Crippen molar-refractivity contribution in [2.45, 2.75) is 58.3 Å². The Labute approximate surface area is 109 Å². The molecule has 0 atom stereocenters. The number of rotatable bonds is 7. The van der Waals surface area contributed by atoms with E-state index >= 15 is 0 Å². The maximum absolute atomic E-state index is 12.9. The molecule has 0 unspecified atom stereocenters. The van der Waals surface area contributed by atoms with Crippen LogP contribution in [0.5, 0.6) is 0 Å². The minimum absolute atomic E-state index is 0.241. The molecule has 0 bridgehead atoms. The molecule has 100 valence electrons. The first-order valence-electron chi connectivity index (χ1n) is 6.78. The Morgan fingerprint density at radius 3 is 2.28 bits per heavy atom. The third-order valence-corrected chi connectivity index (χ3v) is 3.52. The molecular formula is C16H23FO. The SMILES string of the molecule is CCCCCCC(=O)C(C)(C)c1ccc(F)cc1. The number of Topliss-reactive ketones (excluding diaryl/α,β-unsaturated/α-hetero) is 1. The van der Waals surface area contributed by atoms with Gasteiger partial charge in [-0.05, 0) is 38.0 Å². The smallest absolute Gasteiger partial charge is 0.142 e. The fourth-order valence-electron chi connectivity index (χ4n) is 2.05. The molecule has 0 aliphatic rings. The lowest BCUT2D eigenvalue weighted by molar-refractivity contribution is -0.123. The maximum atomic E-state index is 12.9. The monoisotopic (exact) mass is 250 g/mol. The normalized spacial score (nSPS) is 11.6. The number of unbranched alkanes of at least 4 members (excludes halogenated alkanes) is 3. The van der Waals surface area contributed by atoms with E-state index in [9.17, 15) is 9.18 Å².